The van der Waals surface area contributed by atoms with E-state index in [1.165, 1.54) is 6.07 Å². The average Bonchev–Trinajstić information content (AvgIpc) is 2.19. The van der Waals surface area contributed by atoms with Gasteiger partial charge in [0.15, 0.2) is 5.78 Å². The summed E-state index contributed by atoms with van der Waals surface area (Å²) in [5.74, 6) is -0.353. The van der Waals surface area contributed by atoms with Crippen molar-refractivity contribution < 1.29 is 14.7 Å². The molecular formula is C12H15NO3. The molecule has 0 saturated carbocycles. The molecule has 4 heteroatoms. The highest BCUT2D eigenvalue weighted by atomic mass is 16.3. The number of carbonyl (C=O) groups is 2. The number of hydrogen-bond donors (Lipinski definition) is 2. The molecule has 0 aliphatic heterocycles. The zero-order chi connectivity index (χ0) is 12.3. The molecule has 0 aliphatic rings. The fourth-order valence-corrected chi connectivity index (χ4v) is 1.31. The van der Waals surface area contributed by atoms with E-state index in [2.05, 4.69) is 5.32 Å². The van der Waals surface area contributed by atoms with Gasteiger partial charge in [-0.05, 0) is 12.1 Å². The minimum atomic E-state index is -0.572. The lowest BCUT2D eigenvalue weighted by molar-refractivity contribution is -0.105. The van der Waals surface area contributed by atoms with E-state index in [0.717, 1.165) is 0 Å². The summed E-state index contributed by atoms with van der Waals surface area (Å²) in [6, 6.07) is 4.69. The van der Waals surface area contributed by atoms with Gasteiger partial charge in [0.2, 0.25) is 6.41 Å². The molecule has 0 unspecified atom stereocenters. The van der Waals surface area contributed by atoms with E-state index in [9.17, 15) is 14.7 Å². The molecule has 86 valence electrons. The number of rotatable bonds is 3. The lowest BCUT2D eigenvalue weighted by atomic mass is 9.86. The van der Waals surface area contributed by atoms with Crippen molar-refractivity contribution in [3.8, 4) is 5.75 Å². The van der Waals surface area contributed by atoms with Crippen LogP contribution in [0.4, 0.5) is 5.69 Å². The third-order valence-electron chi connectivity index (χ3n) is 2.18. The molecule has 0 aromatic heterocycles. The molecule has 0 radical (unpaired) electrons. The number of Topliss-reactive ketones (excluding diaryl/α,β-unsaturated/α-hetero) is 1. The monoisotopic (exact) mass is 221 g/mol. The van der Waals surface area contributed by atoms with E-state index in [1.807, 2.05) is 0 Å². The van der Waals surface area contributed by atoms with Gasteiger partial charge < -0.3 is 10.4 Å². The van der Waals surface area contributed by atoms with Gasteiger partial charge in [0, 0.05) is 5.41 Å². The molecule has 2 N–H and O–H groups in total. The van der Waals surface area contributed by atoms with Crippen LogP contribution in [0.15, 0.2) is 18.2 Å². The van der Waals surface area contributed by atoms with E-state index in [0.29, 0.717) is 6.41 Å². The van der Waals surface area contributed by atoms with Crippen molar-refractivity contribution >= 4 is 17.9 Å². The Morgan fingerprint density at radius 1 is 1.38 bits per heavy atom. The van der Waals surface area contributed by atoms with Gasteiger partial charge in [-0.3, -0.25) is 9.59 Å². The summed E-state index contributed by atoms with van der Waals surface area (Å²) in [4.78, 5) is 22.3. The van der Waals surface area contributed by atoms with Crippen molar-refractivity contribution in [2.24, 2.45) is 5.41 Å². The van der Waals surface area contributed by atoms with Crippen LogP contribution < -0.4 is 5.32 Å². The second kappa shape index (κ2) is 4.35. The van der Waals surface area contributed by atoms with Gasteiger partial charge in [-0.2, -0.15) is 0 Å². The fourth-order valence-electron chi connectivity index (χ4n) is 1.31. The number of ketones is 1. The van der Waals surface area contributed by atoms with Gasteiger partial charge in [0.1, 0.15) is 5.75 Å². The van der Waals surface area contributed by atoms with Gasteiger partial charge >= 0.3 is 0 Å². The van der Waals surface area contributed by atoms with Crippen molar-refractivity contribution in [1.82, 2.24) is 0 Å². The lowest BCUT2D eigenvalue weighted by Gasteiger charge is -2.18. The summed E-state index contributed by atoms with van der Waals surface area (Å²) in [7, 11) is 0. The normalized spacial score (nSPS) is 10.9. The molecule has 1 aromatic carbocycles. The Balaban J connectivity index is 3.20. The molecular weight excluding hydrogens is 206 g/mol. The van der Waals surface area contributed by atoms with Crippen LogP contribution in [0.3, 0.4) is 0 Å². The number of phenolic OH excluding ortho intramolecular Hbond substituents is 1. The van der Waals surface area contributed by atoms with Crippen molar-refractivity contribution in [2.75, 3.05) is 5.32 Å². The summed E-state index contributed by atoms with van der Waals surface area (Å²) in [5.41, 5.74) is -0.110. The highest BCUT2D eigenvalue weighted by Crippen LogP contribution is 2.32. The molecule has 0 bridgehead atoms. The molecule has 0 heterocycles. The first-order valence-corrected chi connectivity index (χ1v) is 4.95. The number of para-hydroxylation sites is 1. The zero-order valence-electron chi connectivity index (χ0n) is 9.57. The van der Waals surface area contributed by atoms with Crippen molar-refractivity contribution in [3.05, 3.63) is 23.8 Å². The van der Waals surface area contributed by atoms with Crippen LogP contribution in [0.5, 0.6) is 5.75 Å². The zero-order valence-corrected chi connectivity index (χ0v) is 9.57. The molecule has 0 spiro atoms. The van der Waals surface area contributed by atoms with Gasteiger partial charge in [0.25, 0.3) is 0 Å². The third kappa shape index (κ3) is 2.39. The quantitative estimate of drug-likeness (QED) is 0.467. The van der Waals surface area contributed by atoms with E-state index in [-0.39, 0.29) is 22.8 Å². The summed E-state index contributed by atoms with van der Waals surface area (Å²) < 4.78 is 0. The Morgan fingerprint density at radius 2 is 2.00 bits per heavy atom. The molecule has 16 heavy (non-hydrogen) atoms. The van der Waals surface area contributed by atoms with Crippen LogP contribution in [-0.2, 0) is 4.79 Å². The molecule has 0 saturated heterocycles. The van der Waals surface area contributed by atoms with Crippen LogP contribution in [0.25, 0.3) is 0 Å². The topological polar surface area (TPSA) is 66.4 Å². The SMILES string of the molecule is CC(C)(C)C(=O)c1cccc(NC=O)c1O. The first-order chi connectivity index (χ1) is 7.38. The summed E-state index contributed by atoms with van der Waals surface area (Å²) in [6.07, 6.45) is 0.459. The van der Waals surface area contributed by atoms with E-state index in [4.69, 9.17) is 0 Å². The van der Waals surface area contributed by atoms with Crippen LogP contribution in [0.1, 0.15) is 31.1 Å². The number of benzene rings is 1. The Bertz CT molecular complexity index is 419. The van der Waals surface area contributed by atoms with Crippen LogP contribution in [-0.4, -0.2) is 17.3 Å². The second-order valence-corrected chi connectivity index (χ2v) is 4.54. The minimum absolute atomic E-state index is 0.167. The van der Waals surface area contributed by atoms with Gasteiger partial charge in [-0.25, -0.2) is 0 Å². The minimum Gasteiger partial charge on any atom is -0.505 e. The van der Waals surface area contributed by atoms with Crippen LogP contribution >= 0.6 is 0 Å². The summed E-state index contributed by atoms with van der Waals surface area (Å²) in [6.45, 7) is 5.32. The number of amides is 1. The predicted octanol–water partition coefficient (Wildman–Crippen LogP) is 2.19. The number of carbonyl (C=O) groups excluding carboxylic acids is 2. The fraction of sp³-hybridized carbons (Fsp3) is 0.333. The third-order valence-corrected chi connectivity index (χ3v) is 2.18. The van der Waals surface area contributed by atoms with Gasteiger partial charge in [-0.15, -0.1) is 0 Å². The molecule has 1 rings (SSSR count). The lowest BCUT2D eigenvalue weighted by Crippen LogP contribution is -2.20. The molecule has 4 nitrogen and oxygen atoms in total. The number of hydrogen-bond acceptors (Lipinski definition) is 3. The smallest absolute Gasteiger partial charge is 0.211 e. The summed E-state index contributed by atoms with van der Waals surface area (Å²) >= 11 is 0. The average molecular weight is 221 g/mol. The first kappa shape index (κ1) is 12.2. The maximum Gasteiger partial charge on any atom is 0.211 e. The van der Waals surface area contributed by atoms with Crippen molar-refractivity contribution in [1.29, 1.82) is 0 Å². The van der Waals surface area contributed by atoms with Crippen LogP contribution in [0.2, 0.25) is 0 Å². The number of anilines is 1. The summed E-state index contributed by atoms with van der Waals surface area (Å²) in [5, 5.41) is 12.2. The first-order valence-electron chi connectivity index (χ1n) is 4.95. The van der Waals surface area contributed by atoms with Gasteiger partial charge in [0.05, 0.1) is 11.3 Å². The molecule has 0 atom stereocenters. The maximum absolute atomic E-state index is 12.0. The largest absolute Gasteiger partial charge is 0.505 e. The number of aromatic hydroxyl groups is 1. The highest BCUT2D eigenvalue weighted by Gasteiger charge is 2.26. The van der Waals surface area contributed by atoms with E-state index in [1.54, 1.807) is 32.9 Å². The maximum atomic E-state index is 12.0. The Hall–Kier alpha value is -1.84. The van der Waals surface area contributed by atoms with Crippen molar-refractivity contribution in [2.45, 2.75) is 20.8 Å². The molecule has 1 aromatic rings. The Labute approximate surface area is 94.3 Å². The second-order valence-electron chi connectivity index (χ2n) is 4.54. The Kier molecular flexibility index (Phi) is 3.32. The molecule has 0 fully saturated rings. The number of phenols is 1. The standard InChI is InChI=1S/C12H15NO3/c1-12(2,3)11(16)8-5-4-6-9(10(8)15)13-7-14/h4-7,15H,1-3H3,(H,13,14). The highest BCUT2D eigenvalue weighted by molar-refractivity contribution is 6.03. The van der Waals surface area contributed by atoms with Crippen molar-refractivity contribution in [3.63, 3.8) is 0 Å². The number of nitrogens with one attached hydrogen (secondary N) is 1. The van der Waals surface area contributed by atoms with Crippen LogP contribution in [0, 0.1) is 5.41 Å². The van der Waals surface area contributed by atoms with E-state index >= 15 is 0 Å². The molecule has 0 aliphatic carbocycles. The predicted molar refractivity (Wildman–Crippen MR) is 61.6 cm³/mol. The molecule has 1 amide bonds. The van der Waals surface area contributed by atoms with E-state index < -0.39 is 5.41 Å². The van der Waals surface area contributed by atoms with Gasteiger partial charge in [-0.1, -0.05) is 26.8 Å². The Morgan fingerprint density at radius 3 is 2.50 bits per heavy atom.